The maximum absolute atomic E-state index is 2.43. The molecule has 1 saturated carbocycles. The summed E-state index contributed by atoms with van der Waals surface area (Å²) in [6.45, 7) is 11.9. The monoisotopic (exact) mass is 168 g/mol. The first-order valence-electron chi connectivity index (χ1n) is 5.54. The van der Waals surface area contributed by atoms with Gasteiger partial charge in [-0.25, -0.2) is 0 Å². The van der Waals surface area contributed by atoms with Gasteiger partial charge in [0.25, 0.3) is 0 Å². The first-order valence-corrected chi connectivity index (χ1v) is 5.54. The summed E-state index contributed by atoms with van der Waals surface area (Å²) in [5.41, 5.74) is 0. The normalized spacial score (nSPS) is 32.2. The largest absolute Gasteiger partial charge is 0.0625 e. The smallest absolute Gasteiger partial charge is 0.0355 e. The van der Waals surface area contributed by atoms with Gasteiger partial charge >= 0.3 is 0 Å². The lowest BCUT2D eigenvalue weighted by Crippen LogP contribution is -2.36. The van der Waals surface area contributed by atoms with E-state index < -0.39 is 0 Å². The highest BCUT2D eigenvalue weighted by atomic mass is 14.4. The molecule has 12 heavy (non-hydrogen) atoms. The summed E-state index contributed by atoms with van der Waals surface area (Å²) in [6.07, 6.45) is 2.97. The average molecular weight is 168 g/mol. The summed E-state index contributed by atoms with van der Waals surface area (Å²) in [5.74, 6) is 4.78. The van der Waals surface area contributed by atoms with Crippen LogP contribution in [-0.4, -0.2) is 0 Å². The summed E-state index contributed by atoms with van der Waals surface area (Å²) >= 11 is 0. The van der Waals surface area contributed by atoms with Crippen molar-refractivity contribution in [3.8, 4) is 0 Å². The van der Waals surface area contributed by atoms with Gasteiger partial charge in [0, 0.05) is 0 Å². The first-order chi connectivity index (χ1) is 5.54. The maximum atomic E-state index is 2.43. The molecule has 0 spiro atoms. The lowest BCUT2D eigenvalue weighted by atomic mass is 9.61. The predicted molar refractivity (Wildman–Crippen MR) is 55.1 cm³/mol. The van der Waals surface area contributed by atoms with Crippen LogP contribution in [0.4, 0.5) is 0 Å². The van der Waals surface area contributed by atoms with Gasteiger partial charge in [-0.05, 0) is 42.4 Å². The molecule has 0 radical (unpaired) electrons. The fraction of sp³-hybridized carbons (Fsp3) is 1.00. The van der Waals surface area contributed by atoms with Crippen LogP contribution in [0.3, 0.4) is 0 Å². The predicted octanol–water partition coefficient (Wildman–Crippen LogP) is 3.96. The summed E-state index contributed by atoms with van der Waals surface area (Å²) in [7, 11) is 0. The van der Waals surface area contributed by atoms with Crippen molar-refractivity contribution >= 4 is 0 Å². The van der Waals surface area contributed by atoms with E-state index in [9.17, 15) is 0 Å². The molecule has 0 aromatic heterocycles. The molecule has 0 aromatic rings. The zero-order chi connectivity index (χ0) is 9.30. The van der Waals surface area contributed by atoms with Crippen LogP contribution in [0.1, 0.15) is 47.5 Å². The van der Waals surface area contributed by atoms with E-state index in [-0.39, 0.29) is 0 Å². The molecule has 0 bridgehead atoms. The van der Waals surface area contributed by atoms with Crippen LogP contribution in [0.2, 0.25) is 0 Å². The number of rotatable bonds is 3. The third kappa shape index (κ3) is 1.84. The third-order valence-electron chi connectivity index (χ3n) is 3.97. The van der Waals surface area contributed by atoms with Gasteiger partial charge in [0.1, 0.15) is 0 Å². The average Bonchev–Trinajstić information content (AvgIpc) is 1.82. The Kier molecular flexibility index (Phi) is 3.20. The first kappa shape index (κ1) is 10.1. The molecular weight excluding hydrogens is 144 g/mol. The van der Waals surface area contributed by atoms with Gasteiger partial charge in [-0.15, -0.1) is 0 Å². The van der Waals surface area contributed by atoms with Crippen LogP contribution in [-0.2, 0) is 0 Å². The fourth-order valence-corrected chi connectivity index (χ4v) is 2.53. The molecule has 3 unspecified atom stereocenters. The summed E-state index contributed by atoms with van der Waals surface area (Å²) < 4.78 is 0. The van der Waals surface area contributed by atoms with E-state index in [0.29, 0.717) is 0 Å². The van der Waals surface area contributed by atoms with Gasteiger partial charge in [-0.1, -0.05) is 34.6 Å². The summed E-state index contributed by atoms with van der Waals surface area (Å²) in [6, 6.07) is 0. The zero-order valence-electron chi connectivity index (χ0n) is 9.30. The van der Waals surface area contributed by atoms with Gasteiger partial charge < -0.3 is 0 Å². The summed E-state index contributed by atoms with van der Waals surface area (Å²) in [5, 5.41) is 0. The minimum absolute atomic E-state index is 0.872. The molecule has 72 valence electrons. The van der Waals surface area contributed by atoms with Crippen LogP contribution >= 0.6 is 0 Å². The molecule has 1 fully saturated rings. The van der Waals surface area contributed by atoms with Crippen molar-refractivity contribution in [2.24, 2.45) is 29.6 Å². The van der Waals surface area contributed by atoms with Crippen molar-refractivity contribution < 1.29 is 0 Å². The van der Waals surface area contributed by atoms with Gasteiger partial charge in [0.2, 0.25) is 0 Å². The molecule has 0 heteroatoms. The van der Waals surface area contributed by atoms with Crippen molar-refractivity contribution in [3.05, 3.63) is 0 Å². The quantitative estimate of drug-likeness (QED) is 0.598. The van der Waals surface area contributed by atoms with E-state index in [4.69, 9.17) is 0 Å². The van der Waals surface area contributed by atoms with Crippen molar-refractivity contribution in [2.45, 2.75) is 47.5 Å². The fourth-order valence-electron chi connectivity index (χ4n) is 2.53. The lowest BCUT2D eigenvalue weighted by Gasteiger charge is -2.44. The minimum Gasteiger partial charge on any atom is -0.0625 e. The van der Waals surface area contributed by atoms with Crippen molar-refractivity contribution in [1.82, 2.24) is 0 Å². The molecule has 1 aliphatic rings. The van der Waals surface area contributed by atoms with Crippen LogP contribution in [0, 0.1) is 29.6 Å². The molecule has 1 aliphatic carbocycles. The Bertz CT molecular complexity index is 125. The van der Waals surface area contributed by atoms with Crippen molar-refractivity contribution in [2.75, 3.05) is 0 Å². The molecule has 0 nitrogen and oxygen atoms in total. The molecule has 1 rings (SSSR count). The summed E-state index contributed by atoms with van der Waals surface area (Å²) in [4.78, 5) is 0. The second-order valence-electron chi connectivity index (χ2n) is 5.25. The Labute approximate surface area is 77.7 Å². The number of hydrogen-bond donors (Lipinski definition) is 0. The van der Waals surface area contributed by atoms with E-state index in [1.54, 1.807) is 0 Å². The number of hydrogen-bond acceptors (Lipinski definition) is 0. The van der Waals surface area contributed by atoms with E-state index in [1.807, 2.05) is 0 Å². The van der Waals surface area contributed by atoms with Crippen LogP contribution in [0.15, 0.2) is 0 Å². The van der Waals surface area contributed by atoms with Gasteiger partial charge in [-0.2, -0.15) is 0 Å². The molecule has 0 saturated heterocycles. The molecule has 0 aromatic carbocycles. The van der Waals surface area contributed by atoms with E-state index >= 15 is 0 Å². The Morgan fingerprint density at radius 3 is 1.58 bits per heavy atom. The Balaban J connectivity index is 2.43. The Morgan fingerprint density at radius 2 is 1.33 bits per heavy atom. The van der Waals surface area contributed by atoms with Gasteiger partial charge in [-0.3, -0.25) is 0 Å². The molecule has 0 heterocycles. The van der Waals surface area contributed by atoms with Crippen LogP contribution < -0.4 is 0 Å². The maximum Gasteiger partial charge on any atom is -0.0355 e. The molecule has 0 amide bonds. The zero-order valence-corrected chi connectivity index (χ0v) is 9.30. The standard InChI is InChI=1S/C12H24/c1-8(2)10(5)12-7-6-11(12)9(3)4/h8-12H,6-7H2,1-5H3. The highest BCUT2D eigenvalue weighted by molar-refractivity contribution is 4.86. The molecular formula is C12H24. The van der Waals surface area contributed by atoms with Crippen molar-refractivity contribution in [1.29, 1.82) is 0 Å². The van der Waals surface area contributed by atoms with Gasteiger partial charge in [0.05, 0.1) is 0 Å². The van der Waals surface area contributed by atoms with E-state index in [2.05, 4.69) is 34.6 Å². The topological polar surface area (TPSA) is 0 Å². The lowest BCUT2D eigenvalue weighted by molar-refractivity contribution is 0.0517. The molecule has 3 atom stereocenters. The molecule has 0 N–H and O–H groups in total. The van der Waals surface area contributed by atoms with E-state index in [0.717, 1.165) is 29.6 Å². The molecule has 0 aliphatic heterocycles. The van der Waals surface area contributed by atoms with Gasteiger partial charge in [0.15, 0.2) is 0 Å². The Morgan fingerprint density at radius 1 is 0.833 bits per heavy atom. The Hall–Kier alpha value is 0. The van der Waals surface area contributed by atoms with E-state index in [1.165, 1.54) is 12.8 Å². The highest BCUT2D eigenvalue weighted by Crippen LogP contribution is 2.45. The van der Waals surface area contributed by atoms with Crippen LogP contribution in [0.25, 0.3) is 0 Å². The highest BCUT2D eigenvalue weighted by Gasteiger charge is 2.37. The second-order valence-corrected chi connectivity index (χ2v) is 5.25. The van der Waals surface area contributed by atoms with Crippen molar-refractivity contribution in [3.63, 3.8) is 0 Å². The minimum atomic E-state index is 0.872. The second kappa shape index (κ2) is 3.81. The van der Waals surface area contributed by atoms with Crippen LogP contribution in [0.5, 0.6) is 0 Å². The SMILES string of the molecule is CC(C)C(C)C1CCC1C(C)C. The third-order valence-corrected chi connectivity index (χ3v) is 3.97.